The van der Waals surface area contributed by atoms with E-state index >= 15 is 0 Å². The van der Waals surface area contributed by atoms with Gasteiger partial charge in [-0.15, -0.1) is 0 Å². The van der Waals surface area contributed by atoms with Gasteiger partial charge in [0.05, 0.1) is 11.6 Å². The van der Waals surface area contributed by atoms with Crippen molar-refractivity contribution in [3.05, 3.63) is 59.4 Å². The Morgan fingerprint density at radius 1 is 1.12 bits per heavy atom. The zero-order valence-corrected chi connectivity index (χ0v) is 18.8. The molecule has 0 unspecified atom stereocenters. The summed E-state index contributed by atoms with van der Waals surface area (Å²) in [4.78, 5) is 35.2. The lowest BCUT2D eigenvalue weighted by Gasteiger charge is -2.16. The molecule has 9 nitrogen and oxygen atoms in total. The van der Waals surface area contributed by atoms with E-state index in [2.05, 4.69) is 25.7 Å². The van der Waals surface area contributed by atoms with E-state index in [0.29, 0.717) is 36.2 Å². The molecule has 3 aromatic rings. The average molecular weight is 452 g/mol. The van der Waals surface area contributed by atoms with E-state index in [1.165, 1.54) is 17.0 Å². The van der Waals surface area contributed by atoms with Crippen LogP contribution in [0.2, 0.25) is 0 Å². The number of carbonyl (C=O) groups is 2. The molecule has 3 heterocycles. The number of hydrogen-bond acceptors (Lipinski definition) is 6. The van der Waals surface area contributed by atoms with Crippen LogP contribution in [0, 0.1) is 32.5 Å². The van der Waals surface area contributed by atoms with Gasteiger partial charge >= 0.3 is 0 Å². The maximum absolute atomic E-state index is 13.1. The SMILES string of the molecule is Cc1cc(C)n(-c2cc(NCCNC(=O)[C@H]3CC(=O)N(c4ccc(F)cc4)C3)nc(C)n2)n1. The van der Waals surface area contributed by atoms with Gasteiger partial charge < -0.3 is 15.5 Å². The van der Waals surface area contributed by atoms with Gasteiger partial charge in [0.1, 0.15) is 17.5 Å². The van der Waals surface area contributed by atoms with Gasteiger partial charge in [-0.1, -0.05) is 0 Å². The van der Waals surface area contributed by atoms with Gasteiger partial charge in [-0.05, 0) is 51.1 Å². The Bertz CT molecular complexity index is 1180. The van der Waals surface area contributed by atoms with Crippen LogP contribution in [0.5, 0.6) is 0 Å². The molecule has 4 rings (SSSR count). The van der Waals surface area contributed by atoms with E-state index in [1.54, 1.807) is 16.8 Å². The first kappa shape index (κ1) is 22.4. The molecule has 0 saturated carbocycles. The van der Waals surface area contributed by atoms with Gasteiger partial charge in [-0.3, -0.25) is 9.59 Å². The molecule has 33 heavy (non-hydrogen) atoms. The lowest BCUT2D eigenvalue weighted by Crippen LogP contribution is -2.35. The second kappa shape index (κ2) is 9.35. The van der Waals surface area contributed by atoms with Crippen molar-refractivity contribution in [3.8, 4) is 5.82 Å². The minimum absolute atomic E-state index is 0.133. The Kier molecular flexibility index (Phi) is 6.34. The Balaban J connectivity index is 1.29. The molecule has 0 radical (unpaired) electrons. The summed E-state index contributed by atoms with van der Waals surface area (Å²) in [5.74, 6) is 0.777. The first-order chi connectivity index (χ1) is 15.8. The van der Waals surface area contributed by atoms with E-state index in [1.807, 2.05) is 32.9 Å². The maximum Gasteiger partial charge on any atom is 0.227 e. The van der Waals surface area contributed by atoms with Gasteiger partial charge in [-0.25, -0.2) is 19.0 Å². The number of halogens is 1. The van der Waals surface area contributed by atoms with Gasteiger partial charge in [0.2, 0.25) is 11.8 Å². The zero-order chi connectivity index (χ0) is 23.5. The number of anilines is 2. The molecule has 10 heteroatoms. The average Bonchev–Trinajstić information content (AvgIpc) is 3.32. The minimum atomic E-state index is -0.443. The predicted octanol–water partition coefficient (Wildman–Crippen LogP) is 2.31. The number of nitrogens with one attached hydrogen (secondary N) is 2. The van der Waals surface area contributed by atoms with E-state index in [4.69, 9.17) is 0 Å². The van der Waals surface area contributed by atoms with Crippen LogP contribution in [0.4, 0.5) is 15.9 Å². The molecule has 0 aliphatic carbocycles. The minimum Gasteiger partial charge on any atom is -0.368 e. The van der Waals surface area contributed by atoms with Gasteiger partial charge in [0.25, 0.3) is 0 Å². The summed E-state index contributed by atoms with van der Waals surface area (Å²) < 4.78 is 14.9. The Hall–Kier alpha value is -3.82. The highest BCUT2D eigenvalue weighted by Gasteiger charge is 2.34. The van der Waals surface area contributed by atoms with Crippen molar-refractivity contribution in [3.63, 3.8) is 0 Å². The molecule has 2 N–H and O–H groups in total. The zero-order valence-electron chi connectivity index (χ0n) is 18.8. The van der Waals surface area contributed by atoms with Crippen LogP contribution in [0.1, 0.15) is 23.6 Å². The molecule has 172 valence electrons. The van der Waals surface area contributed by atoms with E-state index in [0.717, 1.165) is 11.4 Å². The Morgan fingerprint density at radius 3 is 2.58 bits per heavy atom. The second-order valence-electron chi connectivity index (χ2n) is 8.10. The molecule has 0 bridgehead atoms. The third-order valence-corrected chi connectivity index (χ3v) is 5.42. The third kappa shape index (κ3) is 5.16. The molecule has 1 aromatic carbocycles. The van der Waals surface area contributed by atoms with Crippen LogP contribution in [-0.2, 0) is 9.59 Å². The van der Waals surface area contributed by atoms with Crippen LogP contribution in [0.15, 0.2) is 36.4 Å². The number of aromatic nitrogens is 4. The van der Waals surface area contributed by atoms with Crippen LogP contribution in [-0.4, -0.2) is 51.2 Å². The highest BCUT2D eigenvalue weighted by molar-refractivity contribution is 6.00. The van der Waals surface area contributed by atoms with Gasteiger partial charge in [0.15, 0.2) is 5.82 Å². The molecule has 1 atom stereocenters. The largest absolute Gasteiger partial charge is 0.368 e. The molecule has 1 aliphatic rings. The summed E-state index contributed by atoms with van der Waals surface area (Å²) >= 11 is 0. The summed E-state index contributed by atoms with van der Waals surface area (Å²) in [6.07, 6.45) is 0.133. The molecular formula is C23H26FN7O2. The number of rotatable bonds is 7. The van der Waals surface area contributed by atoms with Crippen LogP contribution in [0.3, 0.4) is 0 Å². The predicted molar refractivity (Wildman–Crippen MR) is 122 cm³/mol. The summed E-state index contributed by atoms with van der Waals surface area (Å²) in [6.45, 7) is 6.81. The topological polar surface area (TPSA) is 105 Å². The lowest BCUT2D eigenvalue weighted by atomic mass is 10.1. The van der Waals surface area contributed by atoms with Crippen LogP contribution in [0.25, 0.3) is 5.82 Å². The number of benzene rings is 1. The normalized spacial score (nSPS) is 15.7. The molecule has 2 amide bonds. The number of nitrogens with zero attached hydrogens (tertiary/aromatic N) is 5. The van der Waals surface area contributed by atoms with E-state index < -0.39 is 5.92 Å². The Labute approximate surface area is 191 Å². The highest BCUT2D eigenvalue weighted by Crippen LogP contribution is 2.25. The van der Waals surface area contributed by atoms with Crippen LogP contribution >= 0.6 is 0 Å². The Morgan fingerprint density at radius 2 is 1.88 bits per heavy atom. The molecular weight excluding hydrogens is 425 g/mol. The van der Waals surface area contributed by atoms with Crippen LogP contribution < -0.4 is 15.5 Å². The third-order valence-electron chi connectivity index (χ3n) is 5.42. The summed E-state index contributed by atoms with van der Waals surface area (Å²) in [5.41, 5.74) is 2.48. The van der Waals surface area contributed by atoms with Crippen molar-refractivity contribution in [1.82, 2.24) is 25.1 Å². The first-order valence-corrected chi connectivity index (χ1v) is 10.8. The first-order valence-electron chi connectivity index (χ1n) is 10.8. The van der Waals surface area contributed by atoms with E-state index in [9.17, 15) is 14.0 Å². The fourth-order valence-corrected chi connectivity index (χ4v) is 3.89. The van der Waals surface area contributed by atoms with Gasteiger partial charge in [-0.2, -0.15) is 5.10 Å². The van der Waals surface area contributed by atoms with Crippen molar-refractivity contribution in [1.29, 1.82) is 0 Å². The molecule has 2 aromatic heterocycles. The molecule has 1 aliphatic heterocycles. The number of amides is 2. The summed E-state index contributed by atoms with van der Waals surface area (Å²) in [7, 11) is 0. The lowest BCUT2D eigenvalue weighted by molar-refractivity contribution is -0.126. The quantitative estimate of drug-likeness (QED) is 0.534. The summed E-state index contributed by atoms with van der Waals surface area (Å²) in [5, 5.41) is 10.5. The fraction of sp³-hybridized carbons (Fsp3) is 0.348. The number of carbonyl (C=O) groups excluding carboxylic acids is 2. The van der Waals surface area contributed by atoms with Crippen molar-refractivity contribution in [2.24, 2.45) is 5.92 Å². The van der Waals surface area contributed by atoms with Crippen molar-refractivity contribution < 1.29 is 14.0 Å². The maximum atomic E-state index is 13.1. The standard InChI is InChI=1S/C23H26FN7O2/c1-14-10-15(2)31(29-14)21-12-20(27-16(3)28-21)25-8-9-26-23(33)17-11-22(32)30(13-17)19-6-4-18(24)5-7-19/h4-7,10,12,17H,8-9,11,13H2,1-3H3,(H,26,33)(H,25,27,28)/t17-/m0/s1. The molecule has 1 fully saturated rings. The second-order valence-corrected chi connectivity index (χ2v) is 8.10. The highest BCUT2D eigenvalue weighted by atomic mass is 19.1. The number of hydrogen-bond donors (Lipinski definition) is 2. The van der Waals surface area contributed by atoms with Crippen molar-refractivity contribution >= 4 is 23.3 Å². The van der Waals surface area contributed by atoms with E-state index in [-0.39, 0.29) is 30.6 Å². The fourth-order valence-electron chi connectivity index (χ4n) is 3.89. The smallest absolute Gasteiger partial charge is 0.227 e. The summed E-state index contributed by atoms with van der Waals surface area (Å²) in [6, 6.07) is 9.48. The molecule has 0 spiro atoms. The monoisotopic (exact) mass is 451 g/mol. The van der Waals surface area contributed by atoms with Gasteiger partial charge in [0, 0.05) is 43.5 Å². The molecule has 1 saturated heterocycles. The van der Waals surface area contributed by atoms with Crippen molar-refractivity contribution in [2.45, 2.75) is 27.2 Å². The van der Waals surface area contributed by atoms with Crippen molar-refractivity contribution in [2.75, 3.05) is 29.9 Å². The number of aryl methyl sites for hydroxylation is 3.